The fourth-order valence-corrected chi connectivity index (χ4v) is 11.3. The number of hydrogen-bond donors (Lipinski definition) is 12. The highest BCUT2D eigenvalue weighted by molar-refractivity contribution is 5.76. The lowest BCUT2D eigenvalue weighted by Gasteiger charge is -2.48. The molecule has 3 saturated heterocycles. The highest BCUT2D eigenvalue weighted by Gasteiger charge is 2.53. The number of aliphatic hydroxyl groups is 11. The molecule has 0 aromatic rings. The van der Waals surface area contributed by atoms with E-state index in [9.17, 15) is 61.0 Å². The van der Waals surface area contributed by atoms with Crippen LogP contribution in [0.25, 0.3) is 0 Å². The van der Waals surface area contributed by atoms with Crippen LogP contribution in [0, 0.1) is 0 Å². The van der Waals surface area contributed by atoms with E-state index < -0.39 is 124 Å². The summed E-state index contributed by atoms with van der Waals surface area (Å²) in [7, 11) is 0. The van der Waals surface area contributed by atoms with Crippen molar-refractivity contribution in [1.29, 1.82) is 0 Å². The first-order valence-corrected chi connectivity index (χ1v) is 33.2. The van der Waals surface area contributed by atoms with Gasteiger partial charge in [-0.2, -0.15) is 0 Å². The van der Waals surface area contributed by atoms with E-state index in [-0.39, 0.29) is 18.9 Å². The summed E-state index contributed by atoms with van der Waals surface area (Å²) in [6, 6.07) is -0.887. The molecule has 3 aliphatic rings. The Kier molecular flexibility index (Phi) is 43.5. The summed E-state index contributed by atoms with van der Waals surface area (Å²) in [6.45, 7) is 1.77. The zero-order chi connectivity index (χ0) is 61.2. The van der Waals surface area contributed by atoms with Gasteiger partial charge in [0.05, 0.1) is 38.6 Å². The normalized spacial score (nSPS) is 29.4. The SMILES string of the molecule is CCCCCCC/C=C\C/C=C\C/C=C\CCCCCCCCCCCCCCC(=O)NC(COC1OC(CO)C(OC2OC(CO)C(OC3OC(CO)C(O)C(O)C3O)C(O)C2O)C(O)C1O)C(O)CCCCCCCCCCCCCC. The quantitative estimate of drug-likeness (QED) is 0.0205. The van der Waals surface area contributed by atoms with Crippen molar-refractivity contribution in [3.8, 4) is 0 Å². The van der Waals surface area contributed by atoms with E-state index in [1.807, 2.05) is 0 Å². The van der Waals surface area contributed by atoms with Crippen LogP contribution in [0.4, 0.5) is 0 Å². The average Bonchev–Trinajstić information content (AvgIpc) is 2.98. The summed E-state index contributed by atoms with van der Waals surface area (Å²) in [6.07, 6.45) is 26.6. The molecule has 0 aromatic heterocycles. The molecule has 0 radical (unpaired) electrons. The van der Waals surface area contributed by atoms with Crippen molar-refractivity contribution in [3.63, 3.8) is 0 Å². The number of rotatable bonds is 50. The summed E-state index contributed by atoms with van der Waals surface area (Å²) >= 11 is 0. The smallest absolute Gasteiger partial charge is 0.220 e. The summed E-state index contributed by atoms with van der Waals surface area (Å²) in [5.41, 5.74) is 0. The molecular weight excluding hydrogens is 1080 g/mol. The van der Waals surface area contributed by atoms with Crippen molar-refractivity contribution < 1.29 is 89.4 Å². The van der Waals surface area contributed by atoms with E-state index in [0.29, 0.717) is 12.8 Å². The maximum absolute atomic E-state index is 13.4. The van der Waals surface area contributed by atoms with E-state index in [0.717, 1.165) is 64.2 Å². The van der Waals surface area contributed by atoms with Crippen LogP contribution in [0.5, 0.6) is 0 Å². The molecule has 0 aliphatic carbocycles. The van der Waals surface area contributed by atoms with E-state index in [1.165, 1.54) is 141 Å². The highest BCUT2D eigenvalue weighted by Crippen LogP contribution is 2.33. The lowest BCUT2D eigenvalue weighted by Crippen LogP contribution is -2.66. The number of unbranched alkanes of at least 4 members (excludes halogenated alkanes) is 28. The number of carbonyl (C=O) groups excluding carboxylic acids is 1. The lowest BCUT2D eigenvalue weighted by atomic mass is 9.96. The molecule has 17 unspecified atom stereocenters. The standard InChI is InChI=1S/C65H119NO18/c1-3-5-7-9-11-13-15-17-18-19-20-21-22-23-24-25-26-27-28-29-30-31-33-35-37-39-41-43-53(71)66-48(49(70)42-40-38-36-34-32-16-14-12-10-8-6-4-2)47-79-63-59(77)56(74)61(51(45-68)81-63)84-65-60(78)57(75)62(52(46-69)82-65)83-64-58(76)55(73)54(72)50(44-67)80-64/h15,17,19-20,22-23,48-52,54-65,67-70,72-78H,3-14,16,18,21,24-47H2,1-2H3,(H,66,71)/b17-15-,20-19-,23-22-. The molecule has 0 bridgehead atoms. The predicted molar refractivity (Wildman–Crippen MR) is 323 cm³/mol. The van der Waals surface area contributed by atoms with Gasteiger partial charge >= 0.3 is 0 Å². The van der Waals surface area contributed by atoms with Gasteiger partial charge in [-0.15, -0.1) is 0 Å². The first-order chi connectivity index (χ1) is 40.8. The van der Waals surface area contributed by atoms with Crippen LogP contribution in [0.2, 0.25) is 0 Å². The first kappa shape index (κ1) is 76.3. The van der Waals surface area contributed by atoms with Gasteiger partial charge in [-0.05, 0) is 51.4 Å². The largest absolute Gasteiger partial charge is 0.394 e. The monoisotopic (exact) mass is 1200 g/mol. The fraction of sp³-hybridized carbons (Fsp3) is 0.892. The summed E-state index contributed by atoms with van der Waals surface area (Å²) in [5, 5.41) is 120. The molecule has 19 heteroatoms. The van der Waals surface area contributed by atoms with Crippen molar-refractivity contribution in [2.75, 3.05) is 26.4 Å². The van der Waals surface area contributed by atoms with Crippen molar-refractivity contribution in [2.45, 2.75) is 343 Å². The second-order valence-electron chi connectivity index (χ2n) is 23.9. The molecule has 19 nitrogen and oxygen atoms in total. The van der Waals surface area contributed by atoms with Crippen molar-refractivity contribution in [3.05, 3.63) is 36.5 Å². The van der Waals surface area contributed by atoms with E-state index in [4.69, 9.17) is 28.4 Å². The fourth-order valence-electron chi connectivity index (χ4n) is 11.3. The number of ether oxygens (including phenoxy) is 6. The lowest BCUT2D eigenvalue weighted by molar-refractivity contribution is -0.379. The number of aliphatic hydroxyl groups excluding tert-OH is 11. The number of amides is 1. The third kappa shape index (κ3) is 30.5. The highest BCUT2D eigenvalue weighted by atomic mass is 16.8. The van der Waals surface area contributed by atoms with Gasteiger partial charge < -0.3 is 89.9 Å². The Morgan fingerprint density at radius 3 is 1.23 bits per heavy atom. The third-order valence-electron chi connectivity index (χ3n) is 16.7. The number of carbonyl (C=O) groups is 1. The molecule has 0 aromatic carbocycles. The molecule has 3 aliphatic heterocycles. The predicted octanol–water partition coefficient (Wildman–Crippen LogP) is 7.66. The zero-order valence-corrected chi connectivity index (χ0v) is 51.6. The van der Waals surface area contributed by atoms with Gasteiger partial charge in [0, 0.05) is 6.42 Å². The number of allylic oxidation sites excluding steroid dienone is 6. The van der Waals surface area contributed by atoms with Crippen LogP contribution in [0.1, 0.15) is 239 Å². The van der Waals surface area contributed by atoms with Gasteiger partial charge in [0.25, 0.3) is 0 Å². The zero-order valence-electron chi connectivity index (χ0n) is 51.6. The maximum atomic E-state index is 13.4. The minimum atomic E-state index is -1.97. The van der Waals surface area contributed by atoms with Gasteiger partial charge in [-0.3, -0.25) is 4.79 Å². The van der Waals surface area contributed by atoms with E-state index in [2.05, 4.69) is 55.6 Å². The summed E-state index contributed by atoms with van der Waals surface area (Å²) in [4.78, 5) is 13.4. The second kappa shape index (κ2) is 47.9. The Labute approximate surface area is 504 Å². The molecule has 17 atom stereocenters. The number of nitrogens with one attached hydrogen (secondary N) is 1. The van der Waals surface area contributed by atoms with Crippen molar-refractivity contribution in [2.24, 2.45) is 0 Å². The third-order valence-corrected chi connectivity index (χ3v) is 16.7. The average molecular weight is 1200 g/mol. The molecule has 3 fully saturated rings. The molecule has 3 rings (SSSR count). The van der Waals surface area contributed by atoms with Crippen LogP contribution in [0.15, 0.2) is 36.5 Å². The second-order valence-corrected chi connectivity index (χ2v) is 23.9. The number of hydrogen-bond acceptors (Lipinski definition) is 18. The van der Waals surface area contributed by atoms with Crippen molar-refractivity contribution >= 4 is 5.91 Å². The maximum Gasteiger partial charge on any atom is 0.220 e. The summed E-state index contributed by atoms with van der Waals surface area (Å²) < 4.78 is 34.3. The van der Waals surface area contributed by atoms with Gasteiger partial charge in [-0.25, -0.2) is 0 Å². The molecule has 1 amide bonds. The summed E-state index contributed by atoms with van der Waals surface area (Å²) in [5.74, 6) is -0.245. The van der Waals surface area contributed by atoms with Crippen LogP contribution in [-0.4, -0.2) is 193 Å². The minimum absolute atomic E-state index is 0.245. The van der Waals surface area contributed by atoms with Gasteiger partial charge in [0.1, 0.15) is 73.2 Å². The molecule has 84 heavy (non-hydrogen) atoms. The van der Waals surface area contributed by atoms with Gasteiger partial charge in [-0.1, -0.05) is 217 Å². The Balaban J connectivity index is 1.40. The van der Waals surface area contributed by atoms with E-state index in [1.54, 1.807) is 0 Å². The molecule has 12 N–H and O–H groups in total. The van der Waals surface area contributed by atoms with Crippen LogP contribution in [0.3, 0.4) is 0 Å². The van der Waals surface area contributed by atoms with Crippen LogP contribution >= 0.6 is 0 Å². The Hall–Kier alpha value is -1.99. The van der Waals surface area contributed by atoms with E-state index >= 15 is 0 Å². The van der Waals surface area contributed by atoms with Gasteiger partial charge in [0.15, 0.2) is 18.9 Å². The molecule has 0 saturated carbocycles. The molecular formula is C65H119NO18. The first-order valence-electron chi connectivity index (χ1n) is 33.2. The Bertz CT molecular complexity index is 1670. The molecule has 492 valence electrons. The Morgan fingerprint density at radius 2 is 0.786 bits per heavy atom. The van der Waals surface area contributed by atoms with Crippen LogP contribution in [-0.2, 0) is 33.2 Å². The minimum Gasteiger partial charge on any atom is -0.394 e. The topological polar surface area (TPSA) is 307 Å². The van der Waals surface area contributed by atoms with Crippen molar-refractivity contribution in [1.82, 2.24) is 5.32 Å². The Morgan fingerprint density at radius 1 is 0.429 bits per heavy atom. The molecule has 3 heterocycles. The van der Waals surface area contributed by atoms with Crippen LogP contribution < -0.4 is 5.32 Å². The van der Waals surface area contributed by atoms with Gasteiger partial charge in [0.2, 0.25) is 5.91 Å². The molecule has 0 spiro atoms.